The van der Waals surface area contributed by atoms with Gasteiger partial charge in [-0.2, -0.15) is 4.68 Å². The number of carboxylic acid groups (broad SMARTS) is 1. The van der Waals surface area contributed by atoms with Crippen LogP contribution in [0.2, 0.25) is 5.02 Å². The van der Waals surface area contributed by atoms with E-state index in [2.05, 4.69) is 15.5 Å². The number of aromatic nitrogens is 4. The Morgan fingerprint density at radius 3 is 2.73 bits per heavy atom. The minimum absolute atomic E-state index is 0.207. The third kappa shape index (κ3) is 3.48. The average molecular weight is 462 g/mol. The second-order valence-electron chi connectivity index (χ2n) is 7.74. The van der Waals surface area contributed by atoms with Crippen molar-refractivity contribution in [3.8, 4) is 5.75 Å². The molecule has 1 atom stereocenters. The van der Waals surface area contributed by atoms with Crippen LogP contribution in [0, 0.1) is 0 Å². The summed E-state index contributed by atoms with van der Waals surface area (Å²) in [6, 6.07) is 18.4. The molecule has 33 heavy (non-hydrogen) atoms. The molecule has 0 spiro atoms. The Bertz CT molecular complexity index is 1410. The fourth-order valence-corrected chi connectivity index (χ4v) is 4.57. The number of fused-ring (bicyclic) bond motifs is 2. The molecule has 9 heteroatoms. The summed E-state index contributed by atoms with van der Waals surface area (Å²) in [4.78, 5) is 14.4. The lowest BCUT2D eigenvalue weighted by Crippen LogP contribution is -2.36. The lowest BCUT2D eigenvalue weighted by Gasteiger charge is -2.34. The molecule has 1 N–H and O–H groups in total. The Kier molecular flexibility index (Phi) is 5.22. The molecule has 0 radical (unpaired) electrons. The molecule has 4 aromatic rings. The molecule has 166 valence electrons. The first kappa shape index (κ1) is 21.0. The normalized spacial score (nSPS) is 15.6. The maximum Gasteiger partial charge on any atom is 0.335 e. The van der Waals surface area contributed by atoms with Crippen molar-refractivity contribution in [2.24, 2.45) is 0 Å². The standard InChI is InChI=1S/C24H20ClN5O3/c1-14-21(23(31)32)22(19-9-5-7-15-6-3-4-8-18(15)19)30-24(26-27-28-30)29(14)13-16-10-11-17(25)12-20(16)33-2/h3-12,22H,13H2,1-2H3,(H,31,32). The Morgan fingerprint density at radius 2 is 1.94 bits per heavy atom. The number of benzene rings is 3. The molecule has 5 rings (SSSR count). The molecule has 1 aliphatic heterocycles. The van der Waals surface area contributed by atoms with Crippen LogP contribution < -0.4 is 9.64 Å². The molecular formula is C24H20ClN5O3. The van der Waals surface area contributed by atoms with Crippen LogP contribution in [0.1, 0.15) is 24.1 Å². The molecule has 2 heterocycles. The molecule has 0 saturated carbocycles. The third-order valence-electron chi connectivity index (χ3n) is 5.96. The SMILES string of the molecule is COc1cc(Cl)ccc1CN1C(C)=C(C(=O)O)C(c2cccc3ccccc23)n2nnnc21. The first-order valence-electron chi connectivity index (χ1n) is 10.3. The third-order valence-corrected chi connectivity index (χ3v) is 6.19. The van der Waals surface area contributed by atoms with Gasteiger partial charge in [-0.1, -0.05) is 65.2 Å². The molecule has 0 aliphatic carbocycles. The van der Waals surface area contributed by atoms with Gasteiger partial charge >= 0.3 is 5.97 Å². The molecular weight excluding hydrogens is 442 g/mol. The van der Waals surface area contributed by atoms with Gasteiger partial charge in [-0.25, -0.2) is 4.79 Å². The van der Waals surface area contributed by atoms with Crippen LogP contribution in [0.3, 0.4) is 0 Å². The van der Waals surface area contributed by atoms with E-state index >= 15 is 0 Å². The molecule has 0 fully saturated rings. The number of carbonyl (C=O) groups is 1. The van der Waals surface area contributed by atoms with Crippen LogP contribution in [-0.2, 0) is 11.3 Å². The van der Waals surface area contributed by atoms with Crippen molar-refractivity contribution in [1.29, 1.82) is 0 Å². The summed E-state index contributed by atoms with van der Waals surface area (Å²) in [6.07, 6.45) is 0. The Labute approximate surface area is 194 Å². The second kappa shape index (κ2) is 8.22. The summed E-state index contributed by atoms with van der Waals surface area (Å²) >= 11 is 6.11. The molecule has 1 aromatic heterocycles. The van der Waals surface area contributed by atoms with E-state index in [0.29, 0.717) is 29.0 Å². The number of tetrazole rings is 1. The highest BCUT2D eigenvalue weighted by molar-refractivity contribution is 6.30. The van der Waals surface area contributed by atoms with Gasteiger partial charge in [0.05, 0.1) is 19.2 Å². The number of hydrogen-bond donors (Lipinski definition) is 1. The van der Waals surface area contributed by atoms with Crippen molar-refractivity contribution in [2.45, 2.75) is 19.5 Å². The fourth-order valence-electron chi connectivity index (χ4n) is 4.41. The van der Waals surface area contributed by atoms with Gasteiger partial charge in [-0.3, -0.25) is 0 Å². The Hall–Kier alpha value is -3.91. The van der Waals surface area contributed by atoms with E-state index in [9.17, 15) is 9.90 Å². The van der Waals surface area contributed by atoms with Gasteiger partial charge in [0.1, 0.15) is 11.8 Å². The number of allylic oxidation sites excluding steroid dienone is 1. The highest BCUT2D eigenvalue weighted by Gasteiger charge is 2.38. The first-order chi connectivity index (χ1) is 16.0. The van der Waals surface area contributed by atoms with Crippen LogP contribution >= 0.6 is 11.6 Å². The van der Waals surface area contributed by atoms with E-state index < -0.39 is 12.0 Å². The maximum atomic E-state index is 12.6. The number of halogens is 1. The van der Waals surface area contributed by atoms with E-state index in [0.717, 1.165) is 21.9 Å². The highest BCUT2D eigenvalue weighted by atomic mass is 35.5. The quantitative estimate of drug-likeness (QED) is 0.469. The summed E-state index contributed by atoms with van der Waals surface area (Å²) in [5.74, 6) is 0.0227. The number of hydrogen-bond acceptors (Lipinski definition) is 6. The molecule has 1 aliphatic rings. The van der Waals surface area contributed by atoms with Crippen molar-refractivity contribution in [1.82, 2.24) is 20.2 Å². The molecule has 0 saturated heterocycles. The molecule has 0 bridgehead atoms. The second-order valence-corrected chi connectivity index (χ2v) is 8.18. The predicted molar refractivity (Wildman–Crippen MR) is 124 cm³/mol. The largest absolute Gasteiger partial charge is 0.496 e. The van der Waals surface area contributed by atoms with Crippen molar-refractivity contribution < 1.29 is 14.6 Å². The van der Waals surface area contributed by atoms with Crippen LogP contribution in [-0.4, -0.2) is 38.4 Å². The number of carboxylic acids is 1. The average Bonchev–Trinajstić information content (AvgIpc) is 3.30. The number of rotatable bonds is 5. The van der Waals surface area contributed by atoms with Gasteiger partial charge in [0.15, 0.2) is 0 Å². The fraction of sp³-hybridized carbons (Fsp3) is 0.167. The minimum atomic E-state index is -1.03. The van der Waals surface area contributed by atoms with E-state index in [1.807, 2.05) is 48.5 Å². The van der Waals surface area contributed by atoms with Crippen LogP contribution in [0.25, 0.3) is 10.8 Å². The van der Waals surface area contributed by atoms with Crippen molar-refractivity contribution in [3.05, 3.63) is 88.1 Å². The number of nitrogens with zero attached hydrogens (tertiary/aromatic N) is 5. The summed E-state index contributed by atoms with van der Waals surface area (Å²) in [7, 11) is 1.57. The lowest BCUT2D eigenvalue weighted by atomic mass is 9.91. The number of aliphatic carboxylic acids is 1. The van der Waals surface area contributed by atoms with Gasteiger partial charge < -0.3 is 14.7 Å². The van der Waals surface area contributed by atoms with E-state index in [1.165, 1.54) is 0 Å². The zero-order valence-corrected chi connectivity index (χ0v) is 18.7. The smallest absolute Gasteiger partial charge is 0.335 e. The number of methoxy groups -OCH3 is 1. The monoisotopic (exact) mass is 461 g/mol. The van der Waals surface area contributed by atoms with Gasteiger partial charge in [0.2, 0.25) is 0 Å². The van der Waals surface area contributed by atoms with Crippen molar-refractivity contribution in [3.63, 3.8) is 0 Å². The summed E-state index contributed by atoms with van der Waals surface area (Å²) in [6.45, 7) is 2.09. The molecule has 3 aromatic carbocycles. The van der Waals surface area contributed by atoms with Crippen LogP contribution in [0.4, 0.5) is 5.95 Å². The number of anilines is 1. The zero-order valence-electron chi connectivity index (χ0n) is 17.9. The zero-order chi connectivity index (χ0) is 23.1. The maximum absolute atomic E-state index is 12.6. The van der Waals surface area contributed by atoms with E-state index in [4.69, 9.17) is 16.3 Å². The highest BCUT2D eigenvalue weighted by Crippen LogP contribution is 2.41. The topological polar surface area (TPSA) is 93.4 Å². The summed E-state index contributed by atoms with van der Waals surface area (Å²) < 4.78 is 7.05. The minimum Gasteiger partial charge on any atom is -0.496 e. The van der Waals surface area contributed by atoms with Gasteiger partial charge in [-0.15, -0.1) is 0 Å². The lowest BCUT2D eigenvalue weighted by molar-refractivity contribution is -0.133. The predicted octanol–water partition coefficient (Wildman–Crippen LogP) is 4.46. The van der Waals surface area contributed by atoms with Crippen LogP contribution in [0.15, 0.2) is 71.9 Å². The van der Waals surface area contributed by atoms with Crippen molar-refractivity contribution in [2.75, 3.05) is 12.0 Å². The number of ether oxygens (including phenoxy) is 1. The van der Waals surface area contributed by atoms with Gasteiger partial charge in [0.25, 0.3) is 5.95 Å². The van der Waals surface area contributed by atoms with Gasteiger partial charge in [0, 0.05) is 16.3 Å². The Balaban J connectivity index is 1.69. The molecule has 0 amide bonds. The van der Waals surface area contributed by atoms with Crippen LogP contribution in [0.5, 0.6) is 5.75 Å². The summed E-state index contributed by atoms with van der Waals surface area (Å²) in [5.41, 5.74) is 2.41. The summed E-state index contributed by atoms with van der Waals surface area (Å²) in [5, 5.41) is 25.1. The van der Waals surface area contributed by atoms with Crippen molar-refractivity contribution >= 4 is 34.3 Å². The van der Waals surface area contributed by atoms with E-state index in [1.54, 1.807) is 35.7 Å². The molecule has 8 nitrogen and oxygen atoms in total. The van der Waals surface area contributed by atoms with Gasteiger partial charge in [-0.05, 0) is 45.8 Å². The first-order valence-corrected chi connectivity index (χ1v) is 10.7. The molecule has 1 unspecified atom stereocenters. The van der Waals surface area contributed by atoms with E-state index in [-0.39, 0.29) is 5.57 Å². The Morgan fingerprint density at radius 1 is 1.15 bits per heavy atom.